The Kier molecular flexibility index (Phi) is 5.57. The maximum Gasteiger partial charge on any atom is 0.264 e. The van der Waals surface area contributed by atoms with E-state index in [4.69, 9.17) is 0 Å². The van der Waals surface area contributed by atoms with Crippen LogP contribution in [0.4, 0.5) is 10.8 Å². The zero-order valence-electron chi connectivity index (χ0n) is 14.9. The van der Waals surface area contributed by atoms with Crippen LogP contribution in [-0.2, 0) is 14.8 Å². The van der Waals surface area contributed by atoms with E-state index in [0.717, 1.165) is 15.4 Å². The van der Waals surface area contributed by atoms with Crippen molar-refractivity contribution in [1.29, 1.82) is 0 Å². The molecule has 0 saturated heterocycles. The third kappa shape index (κ3) is 4.35. The Morgan fingerprint density at radius 1 is 1.15 bits per heavy atom. The minimum absolute atomic E-state index is 0.132. The molecule has 0 unspecified atom stereocenters. The Labute approximate surface area is 162 Å². The Morgan fingerprint density at radius 2 is 1.89 bits per heavy atom. The number of carbonyl (C=O) groups is 1. The molecule has 0 aliphatic rings. The molecule has 0 atom stereocenters. The highest BCUT2D eigenvalue weighted by Crippen LogP contribution is 2.28. The van der Waals surface area contributed by atoms with Gasteiger partial charge in [0.15, 0.2) is 5.13 Å². The maximum absolute atomic E-state index is 13.3. The van der Waals surface area contributed by atoms with Crippen molar-refractivity contribution in [2.45, 2.75) is 18.7 Å². The molecule has 0 aliphatic heterocycles. The van der Waals surface area contributed by atoms with Crippen molar-refractivity contribution in [2.75, 3.05) is 16.2 Å². The van der Waals surface area contributed by atoms with Crippen molar-refractivity contribution in [1.82, 2.24) is 4.98 Å². The minimum Gasteiger partial charge on any atom is -0.300 e. The van der Waals surface area contributed by atoms with E-state index < -0.39 is 15.9 Å². The molecule has 0 aliphatic carbocycles. The van der Waals surface area contributed by atoms with Gasteiger partial charge < -0.3 is 5.32 Å². The second-order valence-corrected chi connectivity index (χ2v) is 8.76. The fraction of sp³-hybridized carbons (Fsp3) is 0.158. The van der Waals surface area contributed by atoms with Gasteiger partial charge in [0.2, 0.25) is 5.91 Å². The van der Waals surface area contributed by atoms with Gasteiger partial charge in [-0.05, 0) is 43.2 Å². The Bertz CT molecular complexity index is 1030. The number of thiazole rings is 1. The highest BCUT2D eigenvalue weighted by atomic mass is 32.2. The summed E-state index contributed by atoms with van der Waals surface area (Å²) in [6.07, 6.45) is 1.57. The highest BCUT2D eigenvalue weighted by molar-refractivity contribution is 7.92. The molecule has 6 nitrogen and oxygen atoms in total. The Balaban J connectivity index is 2.01. The lowest BCUT2D eigenvalue weighted by Gasteiger charge is -2.25. The molecule has 0 spiro atoms. The first-order valence-electron chi connectivity index (χ1n) is 8.22. The largest absolute Gasteiger partial charge is 0.300 e. The van der Waals surface area contributed by atoms with Crippen LogP contribution in [0.15, 0.2) is 65.0 Å². The average Bonchev–Trinajstić information content (AvgIpc) is 3.15. The summed E-state index contributed by atoms with van der Waals surface area (Å²) in [7, 11) is -3.91. The second kappa shape index (κ2) is 7.89. The lowest BCUT2D eigenvalue weighted by atomic mass is 10.1. The van der Waals surface area contributed by atoms with E-state index in [1.54, 1.807) is 35.8 Å². The van der Waals surface area contributed by atoms with Crippen molar-refractivity contribution in [3.63, 3.8) is 0 Å². The number of aryl methyl sites for hydroxylation is 2. The summed E-state index contributed by atoms with van der Waals surface area (Å²) in [4.78, 5) is 16.7. The quantitative estimate of drug-likeness (QED) is 0.684. The number of nitrogens with zero attached hydrogens (tertiary/aromatic N) is 2. The van der Waals surface area contributed by atoms with Gasteiger partial charge >= 0.3 is 0 Å². The van der Waals surface area contributed by atoms with Crippen LogP contribution >= 0.6 is 11.3 Å². The van der Waals surface area contributed by atoms with Crippen LogP contribution in [0.3, 0.4) is 0 Å². The Hall–Kier alpha value is -2.71. The summed E-state index contributed by atoms with van der Waals surface area (Å²) >= 11 is 1.27. The van der Waals surface area contributed by atoms with Gasteiger partial charge in [-0.2, -0.15) is 0 Å². The van der Waals surface area contributed by atoms with Crippen LogP contribution in [0, 0.1) is 13.8 Å². The third-order valence-corrected chi connectivity index (χ3v) is 6.39. The third-order valence-electron chi connectivity index (χ3n) is 3.93. The molecule has 1 aromatic heterocycles. The lowest BCUT2D eigenvalue weighted by molar-refractivity contribution is -0.114. The predicted molar refractivity (Wildman–Crippen MR) is 108 cm³/mol. The van der Waals surface area contributed by atoms with Gasteiger partial charge in [0.25, 0.3) is 10.0 Å². The van der Waals surface area contributed by atoms with Crippen LogP contribution in [0.5, 0.6) is 0 Å². The number of hydrogen-bond donors (Lipinski definition) is 1. The van der Waals surface area contributed by atoms with E-state index in [0.29, 0.717) is 10.8 Å². The minimum atomic E-state index is -3.91. The number of carbonyl (C=O) groups excluding carboxylic acids is 1. The first-order chi connectivity index (χ1) is 12.9. The first kappa shape index (κ1) is 19.1. The van der Waals surface area contributed by atoms with Gasteiger partial charge in [-0.25, -0.2) is 13.4 Å². The maximum atomic E-state index is 13.3. The summed E-state index contributed by atoms with van der Waals surface area (Å²) in [5, 5.41) is 4.81. The highest BCUT2D eigenvalue weighted by Gasteiger charge is 2.28. The molecule has 1 heterocycles. The SMILES string of the molecule is Cc1ccc(C)c(N(CC(=O)Nc2nccs2)S(=O)(=O)c2ccccc2)c1. The zero-order chi connectivity index (χ0) is 19.4. The van der Waals surface area contributed by atoms with Crippen molar-refractivity contribution < 1.29 is 13.2 Å². The fourth-order valence-corrected chi connectivity index (χ4v) is 4.63. The molecule has 0 saturated carbocycles. The molecule has 0 bridgehead atoms. The van der Waals surface area contributed by atoms with E-state index in [-0.39, 0.29) is 11.4 Å². The van der Waals surface area contributed by atoms with E-state index in [2.05, 4.69) is 10.3 Å². The van der Waals surface area contributed by atoms with E-state index in [1.807, 2.05) is 26.0 Å². The molecular weight excluding hydrogens is 382 g/mol. The van der Waals surface area contributed by atoms with Crippen LogP contribution < -0.4 is 9.62 Å². The predicted octanol–water partition coefficient (Wildman–Crippen LogP) is 3.59. The monoisotopic (exact) mass is 401 g/mol. The molecule has 0 radical (unpaired) electrons. The summed E-state index contributed by atoms with van der Waals surface area (Å²) in [5.41, 5.74) is 2.15. The zero-order valence-corrected chi connectivity index (χ0v) is 16.5. The number of aromatic nitrogens is 1. The van der Waals surface area contributed by atoms with Crippen LogP contribution in [0.2, 0.25) is 0 Å². The molecule has 2 aromatic carbocycles. The van der Waals surface area contributed by atoms with E-state index in [9.17, 15) is 13.2 Å². The summed E-state index contributed by atoms with van der Waals surface area (Å²) < 4.78 is 27.7. The van der Waals surface area contributed by atoms with Crippen molar-refractivity contribution in [2.24, 2.45) is 0 Å². The first-order valence-corrected chi connectivity index (χ1v) is 10.5. The fourth-order valence-electron chi connectivity index (χ4n) is 2.58. The molecular formula is C19H19N3O3S2. The topological polar surface area (TPSA) is 79.4 Å². The molecule has 140 valence electrons. The van der Waals surface area contributed by atoms with Gasteiger partial charge in [0, 0.05) is 11.6 Å². The summed E-state index contributed by atoms with van der Waals surface area (Å²) in [6, 6.07) is 13.6. The average molecular weight is 402 g/mol. The lowest BCUT2D eigenvalue weighted by Crippen LogP contribution is -2.38. The second-order valence-electron chi connectivity index (χ2n) is 6.00. The number of sulfonamides is 1. The van der Waals surface area contributed by atoms with Crippen molar-refractivity contribution in [3.05, 3.63) is 71.2 Å². The number of amides is 1. The van der Waals surface area contributed by atoms with Crippen molar-refractivity contribution in [3.8, 4) is 0 Å². The van der Waals surface area contributed by atoms with E-state index >= 15 is 0 Å². The molecule has 0 fully saturated rings. The van der Waals surface area contributed by atoms with Gasteiger partial charge in [-0.15, -0.1) is 11.3 Å². The summed E-state index contributed by atoms with van der Waals surface area (Å²) in [5.74, 6) is -0.453. The van der Waals surface area contributed by atoms with Crippen molar-refractivity contribution >= 4 is 38.1 Å². The molecule has 1 amide bonds. The van der Waals surface area contributed by atoms with Crippen LogP contribution in [-0.4, -0.2) is 25.9 Å². The van der Waals surface area contributed by atoms with Gasteiger partial charge in [0.1, 0.15) is 6.54 Å². The van der Waals surface area contributed by atoms with Gasteiger partial charge in [0.05, 0.1) is 10.6 Å². The summed E-state index contributed by atoms with van der Waals surface area (Å²) in [6.45, 7) is 3.36. The Morgan fingerprint density at radius 3 is 2.56 bits per heavy atom. The van der Waals surface area contributed by atoms with E-state index in [1.165, 1.54) is 23.5 Å². The normalized spacial score (nSPS) is 11.2. The molecule has 3 aromatic rings. The van der Waals surface area contributed by atoms with Gasteiger partial charge in [-0.3, -0.25) is 9.10 Å². The number of rotatable bonds is 6. The van der Waals surface area contributed by atoms with Crippen LogP contribution in [0.1, 0.15) is 11.1 Å². The molecule has 27 heavy (non-hydrogen) atoms. The number of nitrogens with one attached hydrogen (secondary N) is 1. The number of benzene rings is 2. The molecule has 3 rings (SSSR count). The number of anilines is 2. The standard InChI is InChI=1S/C19H19N3O3S2/c1-14-8-9-15(2)17(12-14)22(13-18(23)21-19-20-10-11-26-19)27(24,25)16-6-4-3-5-7-16/h3-12H,13H2,1-2H3,(H,20,21,23). The number of hydrogen-bond acceptors (Lipinski definition) is 5. The van der Waals surface area contributed by atoms with Gasteiger partial charge in [-0.1, -0.05) is 30.3 Å². The van der Waals surface area contributed by atoms with Crippen LogP contribution in [0.25, 0.3) is 0 Å². The smallest absolute Gasteiger partial charge is 0.264 e. The molecule has 8 heteroatoms. The molecule has 1 N–H and O–H groups in total.